The van der Waals surface area contributed by atoms with E-state index in [9.17, 15) is 0 Å². The minimum absolute atomic E-state index is 0.149. The molecule has 1 heterocycles. The van der Waals surface area contributed by atoms with E-state index in [1.807, 2.05) is 11.6 Å². The molecule has 0 aliphatic carbocycles. The Morgan fingerprint density at radius 1 is 1.19 bits per heavy atom. The minimum Gasteiger partial charge on any atom is -0.396 e. The normalized spacial score (nSPS) is 10.9. The minimum atomic E-state index is 0.149. The van der Waals surface area contributed by atoms with Crippen LogP contribution in [0.3, 0.4) is 0 Å². The quantitative estimate of drug-likeness (QED) is 0.689. The van der Waals surface area contributed by atoms with Crippen molar-refractivity contribution in [3.8, 4) is 0 Å². The summed E-state index contributed by atoms with van der Waals surface area (Å²) in [6.07, 6.45) is 6.97. The maximum atomic E-state index is 8.85. The fraction of sp³-hybridized carbons (Fsp3) is 0.833. The topological polar surface area (TPSA) is 50.9 Å². The Bertz CT molecular complexity index is 296. The van der Waals surface area contributed by atoms with Gasteiger partial charge in [-0.15, -0.1) is 5.10 Å². The van der Waals surface area contributed by atoms with Gasteiger partial charge in [-0.3, -0.25) is 0 Å². The van der Waals surface area contributed by atoms with E-state index in [-0.39, 0.29) is 6.61 Å². The molecule has 0 fully saturated rings. The Balaban J connectivity index is 2.31. The van der Waals surface area contributed by atoms with Crippen LogP contribution >= 0.6 is 0 Å². The van der Waals surface area contributed by atoms with Crippen molar-refractivity contribution in [2.24, 2.45) is 0 Å². The second kappa shape index (κ2) is 7.39. The first kappa shape index (κ1) is 13.2. The summed E-state index contributed by atoms with van der Waals surface area (Å²) in [6, 6.07) is 0. The fourth-order valence-corrected chi connectivity index (χ4v) is 1.81. The maximum Gasteiger partial charge on any atom is 0.0879 e. The second-order valence-electron chi connectivity index (χ2n) is 4.23. The van der Waals surface area contributed by atoms with E-state index >= 15 is 0 Å². The van der Waals surface area contributed by atoms with Crippen LogP contribution in [0.5, 0.6) is 0 Å². The first-order chi connectivity index (χ1) is 7.79. The van der Waals surface area contributed by atoms with Crippen LogP contribution in [0, 0.1) is 6.92 Å². The third kappa shape index (κ3) is 3.93. The number of aliphatic hydroxyl groups excluding tert-OH is 1. The van der Waals surface area contributed by atoms with E-state index in [1.54, 1.807) is 0 Å². The molecule has 0 spiro atoms. The van der Waals surface area contributed by atoms with Crippen molar-refractivity contribution in [1.82, 2.24) is 15.0 Å². The molecule has 0 radical (unpaired) electrons. The SMILES string of the molecule is CCCCCCCn1nnc(CCO)c1C. The largest absolute Gasteiger partial charge is 0.396 e. The third-order valence-electron chi connectivity index (χ3n) is 2.90. The van der Waals surface area contributed by atoms with Gasteiger partial charge in [0.05, 0.1) is 11.4 Å². The molecule has 0 bridgehead atoms. The lowest BCUT2D eigenvalue weighted by molar-refractivity contribution is 0.298. The van der Waals surface area contributed by atoms with E-state index in [0.717, 1.165) is 17.9 Å². The van der Waals surface area contributed by atoms with Crippen LogP contribution in [0.1, 0.15) is 50.4 Å². The van der Waals surface area contributed by atoms with Crippen molar-refractivity contribution >= 4 is 0 Å². The van der Waals surface area contributed by atoms with Gasteiger partial charge in [0, 0.05) is 19.6 Å². The van der Waals surface area contributed by atoms with Crippen molar-refractivity contribution in [2.75, 3.05) is 6.61 Å². The summed E-state index contributed by atoms with van der Waals surface area (Å²) in [4.78, 5) is 0. The van der Waals surface area contributed by atoms with Crippen LogP contribution in [0.4, 0.5) is 0 Å². The van der Waals surface area contributed by atoms with Gasteiger partial charge in [-0.2, -0.15) is 0 Å². The van der Waals surface area contributed by atoms with Gasteiger partial charge in [0.25, 0.3) is 0 Å². The number of hydrogen-bond acceptors (Lipinski definition) is 3. The highest BCUT2D eigenvalue weighted by Gasteiger charge is 2.06. The lowest BCUT2D eigenvalue weighted by Gasteiger charge is -2.03. The van der Waals surface area contributed by atoms with Gasteiger partial charge in [0.1, 0.15) is 0 Å². The number of rotatable bonds is 8. The van der Waals surface area contributed by atoms with Crippen LogP contribution in [0.2, 0.25) is 0 Å². The summed E-state index contributed by atoms with van der Waals surface area (Å²) < 4.78 is 1.96. The highest BCUT2D eigenvalue weighted by atomic mass is 16.3. The lowest BCUT2D eigenvalue weighted by atomic mass is 10.1. The van der Waals surface area contributed by atoms with Crippen LogP contribution < -0.4 is 0 Å². The van der Waals surface area contributed by atoms with Crippen LogP contribution in [0.25, 0.3) is 0 Å². The summed E-state index contributed by atoms with van der Waals surface area (Å²) in [5.41, 5.74) is 2.03. The highest BCUT2D eigenvalue weighted by Crippen LogP contribution is 2.08. The van der Waals surface area contributed by atoms with E-state index in [1.165, 1.54) is 32.1 Å². The van der Waals surface area contributed by atoms with Crippen LogP contribution in [-0.4, -0.2) is 26.7 Å². The van der Waals surface area contributed by atoms with Crippen LogP contribution in [-0.2, 0) is 13.0 Å². The molecule has 92 valence electrons. The van der Waals surface area contributed by atoms with Gasteiger partial charge in [0.2, 0.25) is 0 Å². The maximum absolute atomic E-state index is 8.85. The zero-order valence-corrected chi connectivity index (χ0v) is 10.4. The highest BCUT2D eigenvalue weighted by molar-refractivity contribution is 5.07. The van der Waals surface area contributed by atoms with Crippen molar-refractivity contribution in [1.29, 1.82) is 0 Å². The zero-order chi connectivity index (χ0) is 11.8. The molecule has 0 aliphatic heterocycles. The third-order valence-corrected chi connectivity index (χ3v) is 2.90. The van der Waals surface area contributed by atoms with Gasteiger partial charge in [0.15, 0.2) is 0 Å². The molecule has 1 N–H and O–H groups in total. The van der Waals surface area contributed by atoms with Gasteiger partial charge < -0.3 is 5.11 Å². The summed E-state index contributed by atoms with van der Waals surface area (Å²) in [5.74, 6) is 0. The van der Waals surface area contributed by atoms with E-state index in [2.05, 4.69) is 17.2 Å². The first-order valence-corrected chi connectivity index (χ1v) is 6.29. The molecule has 0 aromatic carbocycles. The number of aryl methyl sites for hydroxylation is 1. The van der Waals surface area contributed by atoms with Crippen LogP contribution in [0.15, 0.2) is 0 Å². The first-order valence-electron chi connectivity index (χ1n) is 6.29. The van der Waals surface area contributed by atoms with Crippen molar-refractivity contribution < 1.29 is 5.11 Å². The van der Waals surface area contributed by atoms with E-state index in [4.69, 9.17) is 5.11 Å². The van der Waals surface area contributed by atoms with E-state index < -0.39 is 0 Å². The average molecular weight is 225 g/mol. The predicted octanol–water partition coefficient (Wildman–Crippen LogP) is 2.09. The average Bonchev–Trinajstić information content (AvgIpc) is 2.62. The van der Waals surface area contributed by atoms with Crippen molar-refractivity contribution in [3.63, 3.8) is 0 Å². The number of hydrogen-bond donors (Lipinski definition) is 1. The number of aromatic nitrogens is 3. The molecule has 4 nitrogen and oxygen atoms in total. The number of nitrogens with zero attached hydrogens (tertiary/aromatic N) is 3. The fourth-order valence-electron chi connectivity index (χ4n) is 1.81. The Morgan fingerprint density at radius 3 is 2.62 bits per heavy atom. The molecule has 4 heteroatoms. The van der Waals surface area contributed by atoms with E-state index in [0.29, 0.717) is 6.42 Å². The molecule has 0 saturated heterocycles. The summed E-state index contributed by atoms with van der Waals surface area (Å²) >= 11 is 0. The molecule has 0 aliphatic rings. The molecule has 1 aromatic rings. The lowest BCUT2D eigenvalue weighted by Crippen LogP contribution is -2.03. The summed E-state index contributed by atoms with van der Waals surface area (Å²) in [5, 5.41) is 17.0. The Hall–Kier alpha value is -0.900. The summed E-state index contributed by atoms with van der Waals surface area (Å²) in [7, 11) is 0. The Morgan fingerprint density at radius 2 is 1.94 bits per heavy atom. The number of unbranched alkanes of at least 4 members (excludes halogenated alkanes) is 4. The molecule has 1 rings (SSSR count). The Kier molecular flexibility index (Phi) is 6.08. The second-order valence-corrected chi connectivity index (χ2v) is 4.23. The standard InChI is InChI=1S/C12H23N3O/c1-3-4-5-6-7-9-15-11(2)12(8-10-16)13-14-15/h16H,3-10H2,1-2H3. The van der Waals surface area contributed by atoms with Gasteiger partial charge in [-0.25, -0.2) is 4.68 Å². The van der Waals surface area contributed by atoms with Crippen molar-refractivity contribution in [3.05, 3.63) is 11.4 Å². The predicted molar refractivity (Wildman–Crippen MR) is 64.3 cm³/mol. The van der Waals surface area contributed by atoms with Gasteiger partial charge in [-0.05, 0) is 13.3 Å². The molecular weight excluding hydrogens is 202 g/mol. The smallest absolute Gasteiger partial charge is 0.0879 e. The van der Waals surface area contributed by atoms with Gasteiger partial charge >= 0.3 is 0 Å². The Labute approximate surface area is 97.7 Å². The molecule has 0 saturated carbocycles. The molecule has 1 aromatic heterocycles. The molecule has 0 atom stereocenters. The zero-order valence-electron chi connectivity index (χ0n) is 10.4. The number of aliphatic hydroxyl groups is 1. The van der Waals surface area contributed by atoms with Crippen molar-refractivity contribution in [2.45, 2.75) is 58.9 Å². The monoisotopic (exact) mass is 225 g/mol. The molecule has 0 unspecified atom stereocenters. The molecule has 16 heavy (non-hydrogen) atoms. The summed E-state index contributed by atoms with van der Waals surface area (Å²) in [6.45, 7) is 5.35. The molecule has 0 amide bonds. The van der Waals surface area contributed by atoms with Gasteiger partial charge in [-0.1, -0.05) is 37.8 Å². The molecular formula is C12H23N3O.